The van der Waals surface area contributed by atoms with Crippen LogP contribution in [0.1, 0.15) is 22.6 Å². The molecule has 0 aliphatic heterocycles. The maximum Gasteiger partial charge on any atom is 0.162 e. The maximum absolute atomic E-state index is 9.11. The van der Waals surface area contributed by atoms with Gasteiger partial charge in [0.05, 0.1) is 0 Å². The highest BCUT2D eigenvalue weighted by Crippen LogP contribution is 2.19. The molecule has 0 radical (unpaired) electrons. The minimum atomic E-state index is -1.12. The summed E-state index contributed by atoms with van der Waals surface area (Å²) in [7, 11) is -1.12. The summed E-state index contributed by atoms with van der Waals surface area (Å²) < 4.78 is 7.49. The number of aromatic nitrogens is 3. The van der Waals surface area contributed by atoms with Crippen LogP contribution >= 0.6 is 11.6 Å². The average Bonchev–Trinajstić information content (AvgIpc) is 2.88. The Balaban J connectivity index is 2.09. The van der Waals surface area contributed by atoms with E-state index in [2.05, 4.69) is 35.8 Å². The van der Waals surface area contributed by atoms with Crippen LogP contribution in [0.15, 0.2) is 18.2 Å². The summed E-state index contributed by atoms with van der Waals surface area (Å²) in [5.74, 6) is 0. The molecule has 2 aromatic heterocycles. The molecule has 0 atom stereocenters. The van der Waals surface area contributed by atoms with Gasteiger partial charge < -0.3 is 4.74 Å². The Labute approximate surface area is 149 Å². The largest absolute Gasteiger partial charge is 0.360 e. The first-order valence-corrected chi connectivity index (χ1v) is 12.0. The lowest BCUT2D eigenvalue weighted by atomic mass is 10.1. The Kier molecular flexibility index (Phi) is 6.16. The molecular formula is C17H23ClN4OSi. The zero-order valence-electron chi connectivity index (χ0n) is 14.6. The molecule has 2 heterocycles. The number of hydrogen-bond donors (Lipinski definition) is 0. The van der Waals surface area contributed by atoms with Gasteiger partial charge in [-0.15, -0.1) is 0 Å². The molecule has 0 aliphatic rings. The second-order valence-corrected chi connectivity index (χ2v) is 13.0. The predicted molar refractivity (Wildman–Crippen MR) is 97.8 cm³/mol. The number of nitrogens with zero attached hydrogens (tertiary/aromatic N) is 4. The number of hydrogen-bond acceptors (Lipinski definition) is 4. The van der Waals surface area contributed by atoms with E-state index in [1.807, 2.05) is 19.1 Å². The number of nitriles is 1. The standard InChI is InChI=1S/C17H23ClN4OSi/c1-13-5-6-14(17(18)20-13)9-16-10-15(11-19)21-22(16)12-23-7-8-24(2,3)4/h5-6,10H,7-9,12H2,1-4H3. The number of rotatable bonds is 7. The number of aryl methyl sites for hydroxylation is 1. The van der Waals surface area contributed by atoms with E-state index in [-0.39, 0.29) is 0 Å². The Morgan fingerprint density at radius 2 is 2.08 bits per heavy atom. The molecule has 5 nitrogen and oxygen atoms in total. The molecule has 0 amide bonds. The second-order valence-electron chi connectivity index (χ2n) is 7.06. The highest BCUT2D eigenvalue weighted by Gasteiger charge is 2.14. The monoisotopic (exact) mass is 362 g/mol. The zero-order chi connectivity index (χ0) is 17.7. The van der Waals surface area contributed by atoms with Crippen LogP contribution in [0.4, 0.5) is 0 Å². The molecule has 7 heteroatoms. The molecule has 24 heavy (non-hydrogen) atoms. The molecule has 0 bridgehead atoms. The van der Waals surface area contributed by atoms with Gasteiger partial charge in [-0.2, -0.15) is 10.4 Å². The van der Waals surface area contributed by atoms with E-state index in [4.69, 9.17) is 21.6 Å². The molecule has 0 N–H and O–H groups in total. The number of halogens is 1. The van der Waals surface area contributed by atoms with Crippen LogP contribution in [0.5, 0.6) is 0 Å². The quantitative estimate of drug-likeness (QED) is 0.424. The predicted octanol–water partition coefficient (Wildman–Crippen LogP) is 4.01. The summed E-state index contributed by atoms with van der Waals surface area (Å²) in [6, 6.07) is 8.84. The van der Waals surface area contributed by atoms with E-state index in [0.717, 1.165) is 23.0 Å². The summed E-state index contributed by atoms with van der Waals surface area (Å²) in [4.78, 5) is 4.27. The highest BCUT2D eigenvalue weighted by atomic mass is 35.5. The molecule has 0 saturated heterocycles. The fraction of sp³-hybridized carbons (Fsp3) is 0.471. The van der Waals surface area contributed by atoms with Gasteiger partial charge in [-0.05, 0) is 30.7 Å². The molecule has 0 aromatic carbocycles. The van der Waals surface area contributed by atoms with E-state index in [1.54, 1.807) is 10.7 Å². The minimum Gasteiger partial charge on any atom is -0.360 e. The van der Waals surface area contributed by atoms with Gasteiger partial charge in [0.1, 0.15) is 18.0 Å². The molecule has 0 fully saturated rings. The van der Waals surface area contributed by atoms with Crippen molar-refractivity contribution in [1.82, 2.24) is 14.8 Å². The van der Waals surface area contributed by atoms with Crippen molar-refractivity contribution in [3.8, 4) is 6.07 Å². The van der Waals surface area contributed by atoms with Crippen LogP contribution in [0.2, 0.25) is 30.8 Å². The molecule has 2 rings (SSSR count). The lowest BCUT2D eigenvalue weighted by Gasteiger charge is -2.16. The van der Waals surface area contributed by atoms with Gasteiger partial charge in [0.25, 0.3) is 0 Å². The van der Waals surface area contributed by atoms with E-state index in [1.165, 1.54) is 0 Å². The third-order valence-corrected chi connectivity index (χ3v) is 5.66. The highest BCUT2D eigenvalue weighted by molar-refractivity contribution is 6.76. The fourth-order valence-electron chi connectivity index (χ4n) is 2.17. The second kappa shape index (κ2) is 7.93. The summed E-state index contributed by atoms with van der Waals surface area (Å²) in [6.45, 7) is 9.91. The lowest BCUT2D eigenvalue weighted by molar-refractivity contribution is 0.0766. The van der Waals surface area contributed by atoms with Gasteiger partial charge >= 0.3 is 0 Å². The van der Waals surface area contributed by atoms with Crippen LogP contribution in [-0.2, 0) is 17.9 Å². The van der Waals surface area contributed by atoms with Crippen LogP contribution in [0, 0.1) is 18.3 Å². The lowest BCUT2D eigenvalue weighted by Crippen LogP contribution is -2.22. The summed E-state index contributed by atoms with van der Waals surface area (Å²) >= 11 is 6.22. The molecular weight excluding hydrogens is 340 g/mol. The fourth-order valence-corrected chi connectivity index (χ4v) is 3.19. The molecule has 128 valence electrons. The first kappa shape index (κ1) is 18.7. The normalized spacial score (nSPS) is 11.5. The van der Waals surface area contributed by atoms with E-state index >= 15 is 0 Å². The molecule has 0 aliphatic carbocycles. The third kappa shape index (κ3) is 5.44. The minimum absolute atomic E-state index is 0.346. The smallest absolute Gasteiger partial charge is 0.162 e. The Bertz CT molecular complexity index is 746. The summed E-state index contributed by atoms with van der Waals surface area (Å²) in [5, 5.41) is 13.9. The third-order valence-electron chi connectivity index (χ3n) is 3.62. The van der Waals surface area contributed by atoms with Crippen LogP contribution in [-0.4, -0.2) is 29.4 Å². The van der Waals surface area contributed by atoms with Gasteiger partial charge in [0.15, 0.2) is 5.69 Å². The molecule has 0 spiro atoms. The van der Waals surface area contributed by atoms with E-state index in [0.29, 0.717) is 30.6 Å². The van der Waals surface area contributed by atoms with Crippen LogP contribution in [0.3, 0.4) is 0 Å². The van der Waals surface area contributed by atoms with Gasteiger partial charge in [-0.1, -0.05) is 37.3 Å². The summed E-state index contributed by atoms with van der Waals surface area (Å²) in [5.41, 5.74) is 3.07. The molecule has 0 unspecified atom stereocenters. The van der Waals surface area contributed by atoms with Crippen molar-refractivity contribution in [3.05, 3.63) is 46.0 Å². The summed E-state index contributed by atoms with van der Waals surface area (Å²) in [6.07, 6.45) is 0.568. The molecule has 0 saturated carbocycles. The van der Waals surface area contributed by atoms with Gasteiger partial charge in [0, 0.05) is 32.5 Å². The van der Waals surface area contributed by atoms with Gasteiger partial charge in [-0.3, -0.25) is 0 Å². The van der Waals surface area contributed by atoms with E-state index < -0.39 is 8.07 Å². The SMILES string of the molecule is Cc1ccc(Cc2cc(C#N)nn2COCC[Si](C)(C)C)c(Cl)n1. The maximum atomic E-state index is 9.11. The Morgan fingerprint density at radius 3 is 2.71 bits per heavy atom. The van der Waals surface area contributed by atoms with Crippen molar-refractivity contribution in [1.29, 1.82) is 5.26 Å². The van der Waals surface area contributed by atoms with Crippen molar-refractivity contribution in [2.75, 3.05) is 6.61 Å². The van der Waals surface area contributed by atoms with E-state index in [9.17, 15) is 0 Å². The van der Waals surface area contributed by atoms with Crippen LogP contribution in [0.25, 0.3) is 0 Å². The van der Waals surface area contributed by atoms with Crippen molar-refractivity contribution >= 4 is 19.7 Å². The first-order chi connectivity index (χ1) is 11.3. The topological polar surface area (TPSA) is 63.7 Å². The number of pyridine rings is 1. The van der Waals surface area contributed by atoms with Crippen molar-refractivity contribution in [2.24, 2.45) is 0 Å². The first-order valence-electron chi connectivity index (χ1n) is 7.95. The van der Waals surface area contributed by atoms with Gasteiger partial charge in [-0.25, -0.2) is 9.67 Å². The van der Waals surface area contributed by atoms with Gasteiger partial charge in [0.2, 0.25) is 0 Å². The Morgan fingerprint density at radius 1 is 1.33 bits per heavy atom. The number of ether oxygens (including phenoxy) is 1. The van der Waals surface area contributed by atoms with Crippen molar-refractivity contribution < 1.29 is 4.74 Å². The van der Waals surface area contributed by atoms with Crippen molar-refractivity contribution in [2.45, 2.75) is 45.8 Å². The van der Waals surface area contributed by atoms with Crippen LogP contribution < -0.4 is 0 Å². The molecule has 2 aromatic rings. The zero-order valence-corrected chi connectivity index (χ0v) is 16.4. The van der Waals surface area contributed by atoms with Crippen molar-refractivity contribution in [3.63, 3.8) is 0 Å². The average molecular weight is 363 g/mol. The Hall–Kier alpha value is -1.68.